The highest BCUT2D eigenvalue weighted by molar-refractivity contribution is 7.13. The van der Waals surface area contributed by atoms with Gasteiger partial charge < -0.3 is 20.6 Å². The minimum atomic E-state index is -0.170. The van der Waals surface area contributed by atoms with Gasteiger partial charge in [0.05, 0.1) is 18.3 Å². The molecule has 1 saturated carbocycles. The zero-order chi connectivity index (χ0) is 15.9. The number of hydrogen-bond donors (Lipinski definition) is 3. The van der Waals surface area contributed by atoms with Crippen molar-refractivity contribution in [1.29, 1.82) is 0 Å². The summed E-state index contributed by atoms with van der Waals surface area (Å²) in [6.45, 7) is 4.20. The third-order valence-electron chi connectivity index (χ3n) is 3.82. The molecule has 1 heterocycles. The summed E-state index contributed by atoms with van der Waals surface area (Å²) in [5.74, 6) is 1.13. The average molecular weight is 325 g/mol. The molecule has 1 fully saturated rings. The van der Waals surface area contributed by atoms with Crippen LogP contribution in [0.2, 0.25) is 0 Å². The molecule has 2 rings (SSSR count). The third kappa shape index (κ3) is 4.84. The lowest BCUT2D eigenvalue weighted by molar-refractivity contribution is 0.134. The van der Waals surface area contributed by atoms with Crippen LogP contribution in [0, 0.1) is 5.92 Å². The van der Waals surface area contributed by atoms with Gasteiger partial charge in [-0.05, 0) is 19.8 Å². The van der Waals surface area contributed by atoms with Gasteiger partial charge in [-0.2, -0.15) is 0 Å². The van der Waals surface area contributed by atoms with Crippen molar-refractivity contribution in [3.8, 4) is 0 Å². The summed E-state index contributed by atoms with van der Waals surface area (Å²) in [5.41, 5.74) is 0.979. The van der Waals surface area contributed by atoms with Gasteiger partial charge in [-0.15, -0.1) is 11.3 Å². The number of aliphatic hydroxyl groups excluding tert-OH is 1. The van der Waals surface area contributed by atoms with Crippen molar-refractivity contribution in [2.45, 2.75) is 38.8 Å². The maximum absolute atomic E-state index is 9.88. The fourth-order valence-electron chi connectivity index (χ4n) is 2.56. The molecule has 0 aromatic carbocycles. The van der Waals surface area contributed by atoms with E-state index in [1.165, 1.54) is 0 Å². The molecule has 1 aliphatic carbocycles. The van der Waals surface area contributed by atoms with Crippen molar-refractivity contribution in [3.05, 3.63) is 11.1 Å². The molecule has 0 bridgehead atoms. The smallest absolute Gasteiger partial charge is 0.191 e. The van der Waals surface area contributed by atoms with Crippen LogP contribution >= 0.6 is 11.3 Å². The molecule has 1 aromatic rings. The average Bonchev–Trinajstić information content (AvgIpc) is 3.11. The number of aliphatic hydroxyl groups is 1. The van der Waals surface area contributed by atoms with Gasteiger partial charge >= 0.3 is 0 Å². The molecule has 2 atom stereocenters. The van der Waals surface area contributed by atoms with Crippen LogP contribution in [-0.4, -0.2) is 49.3 Å². The largest absolute Gasteiger partial charge is 0.393 e. The molecule has 6 nitrogen and oxygen atoms in total. The Morgan fingerprint density at radius 2 is 2.27 bits per heavy atom. The number of aromatic nitrogens is 1. The molecule has 0 amide bonds. The lowest BCUT2D eigenvalue weighted by atomic mass is 10.1. The van der Waals surface area contributed by atoms with Gasteiger partial charge in [0, 0.05) is 38.5 Å². The van der Waals surface area contributed by atoms with Crippen LogP contribution in [0.3, 0.4) is 0 Å². The number of anilines is 1. The quantitative estimate of drug-likeness (QED) is 0.545. The Morgan fingerprint density at radius 1 is 1.45 bits per heavy atom. The number of nitrogens with zero attached hydrogens (tertiary/aromatic N) is 3. The first kappa shape index (κ1) is 17.0. The highest BCUT2D eigenvalue weighted by Gasteiger charge is 2.24. The van der Waals surface area contributed by atoms with Gasteiger partial charge in [0.15, 0.2) is 11.1 Å². The number of rotatable bonds is 6. The van der Waals surface area contributed by atoms with Gasteiger partial charge in [-0.25, -0.2) is 9.98 Å². The van der Waals surface area contributed by atoms with Gasteiger partial charge in [-0.1, -0.05) is 6.42 Å². The zero-order valence-electron chi connectivity index (χ0n) is 13.7. The first-order valence-electron chi connectivity index (χ1n) is 7.92. The molecular weight excluding hydrogens is 298 g/mol. The summed E-state index contributed by atoms with van der Waals surface area (Å²) in [5, 5.41) is 19.5. The van der Waals surface area contributed by atoms with E-state index in [9.17, 15) is 5.11 Å². The van der Waals surface area contributed by atoms with E-state index in [1.807, 2.05) is 24.4 Å². The van der Waals surface area contributed by atoms with E-state index in [-0.39, 0.29) is 6.10 Å². The normalized spacial score (nSPS) is 21.9. The Bertz CT molecular complexity index is 488. The van der Waals surface area contributed by atoms with Crippen LogP contribution in [0.25, 0.3) is 0 Å². The Balaban J connectivity index is 1.88. The Hall–Kier alpha value is -1.34. The topological polar surface area (TPSA) is 72.8 Å². The monoisotopic (exact) mass is 325 g/mol. The third-order valence-corrected chi connectivity index (χ3v) is 4.87. The van der Waals surface area contributed by atoms with E-state index >= 15 is 0 Å². The van der Waals surface area contributed by atoms with Crippen molar-refractivity contribution in [2.75, 3.05) is 32.1 Å². The lowest BCUT2D eigenvalue weighted by Crippen LogP contribution is -2.41. The Morgan fingerprint density at radius 3 is 2.86 bits per heavy atom. The lowest BCUT2D eigenvalue weighted by Gasteiger charge is -2.17. The van der Waals surface area contributed by atoms with Crippen molar-refractivity contribution in [2.24, 2.45) is 10.9 Å². The Kier molecular flexibility index (Phi) is 6.45. The second-order valence-corrected chi connectivity index (χ2v) is 6.69. The SMILES string of the molecule is CCNC(=NCc1csc(N(C)C)n1)NCC1CCCC1O. The van der Waals surface area contributed by atoms with E-state index in [2.05, 4.69) is 27.5 Å². The molecule has 0 radical (unpaired) electrons. The van der Waals surface area contributed by atoms with Gasteiger partial charge in [-0.3, -0.25) is 0 Å². The summed E-state index contributed by atoms with van der Waals surface area (Å²) in [7, 11) is 3.98. The fraction of sp³-hybridized carbons (Fsp3) is 0.733. The molecule has 0 spiro atoms. The summed E-state index contributed by atoms with van der Waals surface area (Å²) in [6.07, 6.45) is 2.96. The number of guanidine groups is 1. The molecule has 1 aromatic heterocycles. The van der Waals surface area contributed by atoms with E-state index in [4.69, 9.17) is 0 Å². The van der Waals surface area contributed by atoms with Crippen molar-refractivity contribution >= 4 is 22.4 Å². The van der Waals surface area contributed by atoms with Crippen molar-refractivity contribution in [3.63, 3.8) is 0 Å². The van der Waals surface area contributed by atoms with E-state index in [0.29, 0.717) is 12.5 Å². The summed E-state index contributed by atoms with van der Waals surface area (Å²) >= 11 is 1.63. The molecule has 0 aliphatic heterocycles. The number of aliphatic imine (C=N–C) groups is 1. The maximum atomic E-state index is 9.88. The van der Waals surface area contributed by atoms with E-state index in [1.54, 1.807) is 11.3 Å². The number of nitrogens with one attached hydrogen (secondary N) is 2. The summed E-state index contributed by atoms with van der Waals surface area (Å²) < 4.78 is 0. The molecule has 3 N–H and O–H groups in total. The minimum absolute atomic E-state index is 0.170. The highest BCUT2D eigenvalue weighted by atomic mass is 32.1. The van der Waals surface area contributed by atoms with Crippen LogP contribution in [0.1, 0.15) is 31.9 Å². The molecule has 124 valence electrons. The molecular formula is C15H27N5OS. The second kappa shape index (κ2) is 8.33. The second-order valence-electron chi connectivity index (χ2n) is 5.85. The number of thiazole rings is 1. The molecule has 1 aliphatic rings. The van der Waals surface area contributed by atoms with E-state index in [0.717, 1.165) is 49.1 Å². The Labute approximate surface area is 136 Å². The zero-order valence-corrected chi connectivity index (χ0v) is 14.5. The van der Waals surface area contributed by atoms with Crippen LogP contribution in [-0.2, 0) is 6.54 Å². The molecule has 22 heavy (non-hydrogen) atoms. The predicted octanol–water partition coefficient (Wildman–Crippen LogP) is 1.43. The van der Waals surface area contributed by atoms with Gasteiger partial charge in [0.25, 0.3) is 0 Å². The fourth-order valence-corrected chi connectivity index (χ4v) is 3.31. The van der Waals surface area contributed by atoms with Gasteiger partial charge in [0.2, 0.25) is 0 Å². The van der Waals surface area contributed by atoms with Crippen LogP contribution < -0.4 is 15.5 Å². The summed E-state index contributed by atoms with van der Waals surface area (Å²) in [4.78, 5) is 11.1. The predicted molar refractivity (Wildman–Crippen MR) is 92.6 cm³/mol. The molecule has 2 unspecified atom stereocenters. The van der Waals surface area contributed by atoms with Gasteiger partial charge in [0.1, 0.15) is 0 Å². The van der Waals surface area contributed by atoms with Crippen molar-refractivity contribution in [1.82, 2.24) is 15.6 Å². The highest BCUT2D eigenvalue weighted by Crippen LogP contribution is 2.24. The summed E-state index contributed by atoms with van der Waals surface area (Å²) in [6, 6.07) is 0. The van der Waals surface area contributed by atoms with Crippen LogP contribution in [0.4, 0.5) is 5.13 Å². The number of hydrogen-bond acceptors (Lipinski definition) is 5. The molecule has 0 saturated heterocycles. The van der Waals surface area contributed by atoms with Crippen LogP contribution in [0.15, 0.2) is 10.4 Å². The van der Waals surface area contributed by atoms with Crippen molar-refractivity contribution < 1.29 is 5.11 Å². The first-order valence-corrected chi connectivity index (χ1v) is 8.80. The maximum Gasteiger partial charge on any atom is 0.191 e. The standard InChI is InChI=1S/C15H27N5OS/c1-4-16-14(17-8-11-6-5-7-13(11)21)18-9-12-10-22-15(19-12)20(2)3/h10-11,13,21H,4-9H2,1-3H3,(H2,16,17,18). The molecule has 7 heteroatoms. The first-order chi connectivity index (χ1) is 10.6. The van der Waals surface area contributed by atoms with E-state index < -0.39 is 0 Å². The minimum Gasteiger partial charge on any atom is -0.393 e. The van der Waals surface area contributed by atoms with Crippen LogP contribution in [0.5, 0.6) is 0 Å².